The van der Waals surface area contributed by atoms with Crippen molar-refractivity contribution in [2.24, 2.45) is 0 Å². The molecule has 0 atom stereocenters. The Morgan fingerprint density at radius 3 is 2.40 bits per heavy atom. The SMILES string of the molecule is Cc1ccc(NC(=O)N2CCN(C(=O)c3cc4ccccc4nc3C)CC2)cc1Cl. The van der Waals surface area contributed by atoms with Gasteiger partial charge >= 0.3 is 6.03 Å². The summed E-state index contributed by atoms with van der Waals surface area (Å²) in [5, 5.41) is 4.43. The van der Waals surface area contributed by atoms with Gasteiger partial charge in [0.2, 0.25) is 0 Å². The summed E-state index contributed by atoms with van der Waals surface area (Å²) in [6.07, 6.45) is 0. The lowest BCUT2D eigenvalue weighted by Crippen LogP contribution is -2.51. The van der Waals surface area contributed by atoms with Gasteiger partial charge in [0.25, 0.3) is 5.91 Å². The number of aryl methyl sites for hydroxylation is 2. The van der Waals surface area contributed by atoms with Crippen LogP contribution in [0.3, 0.4) is 0 Å². The van der Waals surface area contributed by atoms with Crippen LogP contribution in [0.4, 0.5) is 10.5 Å². The molecule has 154 valence electrons. The first-order valence-electron chi connectivity index (χ1n) is 9.90. The summed E-state index contributed by atoms with van der Waals surface area (Å²) in [6.45, 7) is 5.67. The fourth-order valence-corrected chi connectivity index (χ4v) is 3.77. The van der Waals surface area contributed by atoms with Gasteiger partial charge in [0.15, 0.2) is 0 Å². The van der Waals surface area contributed by atoms with Gasteiger partial charge in [-0.05, 0) is 43.7 Å². The summed E-state index contributed by atoms with van der Waals surface area (Å²) in [5.41, 5.74) is 3.83. The van der Waals surface area contributed by atoms with E-state index in [1.165, 1.54) is 0 Å². The minimum Gasteiger partial charge on any atom is -0.335 e. The summed E-state index contributed by atoms with van der Waals surface area (Å²) < 4.78 is 0. The Morgan fingerprint density at radius 2 is 1.67 bits per heavy atom. The molecule has 1 aliphatic heterocycles. The second kappa shape index (κ2) is 8.32. The van der Waals surface area contributed by atoms with Gasteiger partial charge in [-0.3, -0.25) is 9.78 Å². The molecule has 30 heavy (non-hydrogen) atoms. The van der Waals surface area contributed by atoms with Crippen LogP contribution in [0, 0.1) is 13.8 Å². The second-order valence-corrected chi connectivity index (χ2v) is 7.89. The third kappa shape index (κ3) is 4.09. The molecular weight excluding hydrogens is 400 g/mol. The lowest BCUT2D eigenvalue weighted by atomic mass is 10.1. The lowest BCUT2D eigenvalue weighted by Gasteiger charge is -2.35. The number of nitrogens with zero attached hydrogens (tertiary/aromatic N) is 3. The highest BCUT2D eigenvalue weighted by atomic mass is 35.5. The van der Waals surface area contributed by atoms with Crippen molar-refractivity contribution in [3.63, 3.8) is 0 Å². The molecule has 1 fully saturated rings. The quantitative estimate of drug-likeness (QED) is 0.661. The number of benzene rings is 2. The first-order valence-corrected chi connectivity index (χ1v) is 10.3. The highest BCUT2D eigenvalue weighted by Gasteiger charge is 2.26. The molecule has 1 saturated heterocycles. The van der Waals surface area contributed by atoms with Crippen LogP contribution in [-0.4, -0.2) is 52.9 Å². The number of para-hydroxylation sites is 1. The van der Waals surface area contributed by atoms with Crippen molar-refractivity contribution in [1.82, 2.24) is 14.8 Å². The van der Waals surface area contributed by atoms with Crippen LogP contribution in [0.25, 0.3) is 10.9 Å². The zero-order valence-corrected chi connectivity index (χ0v) is 17.7. The van der Waals surface area contributed by atoms with E-state index in [1.807, 2.05) is 56.3 Å². The van der Waals surface area contributed by atoms with E-state index in [-0.39, 0.29) is 11.9 Å². The summed E-state index contributed by atoms with van der Waals surface area (Å²) >= 11 is 6.13. The molecule has 0 bridgehead atoms. The van der Waals surface area contributed by atoms with Crippen LogP contribution in [0.2, 0.25) is 5.02 Å². The molecule has 6 nitrogen and oxygen atoms in total. The molecule has 0 saturated carbocycles. The monoisotopic (exact) mass is 422 g/mol. The van der Waals surface area contributed by atoms with E-state index in [2.05, 4.69) is 10.3 Å². The second-order valence-electron chi connectivity index (χ2n) is 7.49. The number of fused-ring (bicyclic) bond motifs is 1. The highest BCUT2D eigenvalue weighted by molar-refractivity contribution is 6.31. The van der Waals surface area contributed by atoms with Crippen LogP contribution >= 0.6 is 11.6 Å². The Hall–Kier alpha value is -3.12. The first-order chi connectivity index (χ1) is 14.4. The molecule has 2 aromatic carbocycles. The van der Waals surface area contributed by atoms with Crippen molar-refractivity contribution in [3.05, 3.63) is 70.4 Å². The molecule has 1 aliphatic rings. The fraction of sp³-hybridized carbons (Fsp3) is 0.261. The molecule has 3 amide bonds. The predicted octanol–water partition coefficient (Wildman–Crippen LogP) is 4.49. The number of anilines is 1. The molecular formula is C23H23ClN4O2. The number of carbonyl (C=O) groups is 2. The van der Waals surface area contributed by atoms with Crippen molar-refractivity contribution in [2.75, 3.05) is 31.5 Å². The molecule has 0 aliphatic carbocycles. The van der Waals surface area contributed by atoms with Crippen molar-refractivity contribution < 1.29 is 9.59 Å². The number of urea groups is 1. The van der Waals surface area contributed by atoms with Crippen LogP contribution in [0.15, 0.2) is 48.5 Å². The lowest BCUT2D eigenvalue weighted by molar-refractivity contribution is 0.0670. The number of halogens is 1. The van der Waals surface area contributed by atoms with E-state index >= 15 is 0 Å². The van der Waals surface area contributed by atoms with Crippen LogP contribution in [0.5, 0.6) is 0 Å². The Bertz CT molecular complexity index is 1120. The van der Waals surface area contributed by atoms with Gasteiger partial charge in [-0.2, -0.15) is 0 Å². The number of amides is 3. The molecule has 0 unspecified atom stereocenters. The number of nitrogens with one attached hydrogen (secondary N) is 1. The van der Waals surface area contributed by atoms with Crippen molar-refractivity contribution in [2.45, 2.75) is 13.8 Å². The van der Waals surface area contributed by atoms with Gasteiger partial charge in [-0.25, -0.2) is 4.79 Å². The zero-order chi connectivity index (χ0) is 21.3. The van der Waals surface area contributed by atoms with E-state index in [0.29, 0.717) is 42.5 Å². The number of hydrogen-bond acceptors (Lipinski definition) is 3. The van der Waals surface area contributed by atoms with Crippen LogP contribution < -0.4 is 5.32 Å². The molecule has 4 rings (SSSR count). The van der Waals surface area contributed by atoms with E-state index in [1.54, 1.807) is 15.9 Å². The fourth-order valence-electron chi connectivity index (χ4n) is 3.58. The number of rotatable bonds is 2. The number of carbonyl (C=O) groups excluding carboxylic acids is 2. The zero-order valence-electron chi connectivity index (χ0n) is 17.0. The smallest absolute Gasteiger partial charge is 0.321 e. The molecule has 7 heteroatoms. The summed E-state index contributed by atoms with van der Waals surface area (Å²) in [4.78, 5) is 33.7. The minimum absolute atomic E-state index is 0.0453. The summed E-state index contributed by atoms with van der Waals surface area (Å²) in [5.74, 6) is -0.0453. The van der Waals surface area contributed by atoms with Gasteiger partial charge < -0.3 is 15.1 Å². The Balaban J connectivity index is 1.40. The third-order valence-electron chi connectivity index (χ3n) is 5.42. The average molecular weight is 423 g/mol. The number of hydrogen-bond donors (Lipinski definition) is 1. The molecule has 3 aromatic rings. The van der Waals surface area contributed by atoms with Crippen LogP contribution in [-0.2, 0) is 0 Å². The maximum absolute atomic E-state index is 13.1. The minimum atomic E-state index is -0.189. The summed E-state index contributed by atoms with van der Waals surface area (Å²) in [7, 11) is 0. The average Bonchev–Trinajstić information content (AvgIpc) is 2.75. The van der Waals surface area contributed by atoms with Gasteiger partial charge in [0.05, 0.1) is 16.8 Å². The van der Waals surface area contributed by atoms with E-state index in [4.69, 9.17) is 11.6 Å². The summed E-state index contributed by atoms with van der Waals surface area (Å²) in [6, 6.07) is 14.9. The largest absolute Gasteiger partial charge is 0.335 e. The maximum Gasteiger partial charge on any atom is 0.321 e. The van der Waals surface area contributed by atoms with Crippen LogP contribution in [0.1, 0.15) is 21.6 Å². The maximum atomic E-state index is 13.1. The van der Waals surface area contributed by atoms with Crippen molar-refractivity contribution in [1.29, 1.82) is 0 Å². The highest BCUT2D eigenvalue weighted by Crippen LogP contribution is 2.21. The normalized spacial score (nSPS) is 14.1. The van der Waals surface area contributed by atoms with Gasteiger partial charge in [0.1, 0.15) is 0 Å². The number of aromatic nitrogens is 1. The molecule has 2 heterocycles. The van der Waals surface area contributed by atoms with E-state index in [9.17, 15) is 9.59 Å². The van der Waals surface area contributed by atoms with Gasteiger partial charge in [0, 0.05) is 42.3 Å². The van der Waals surface area contributed by atoms with E-state index in [0.717, 1.165) is 22.2 Å². The van der Waals surface area contributed by atoms with Crippen molar-refractivity contribution in [3.8, 4) is 0 Å². The topological polar surface area (TPSA) is 65.5 Å². The number of pyridine rings is 1. The van der Waals surface area contributed by atoms with E-state index < -0.39 is 0 Å². The molecule has 1 aromatic heterocycles. The Kier molecular flexibility index (Phi) is 5.59. The number of piperazine rings is 1. The standard InChI is InChI=1S/C23H23ClN4O2/c1-15-7-8-18(14-20(15)24)26-23(30)28-11-9-27(10-12-28)22(29)19-13-17-5-3-4-6-21(17)25-16(19)2/h3-8,13-14H,9-12H2,1-2H3,(H,26,30). The third-order valence-corrected chi connectivity index (χ3v) is 5.83. The van der Waals surface area contributed by atoms with Gasteiger partial charge in [-0.1, -0.05) is 35.9 Å². The molecule has 0 spiro atoms. The Morgan fingerprint density at radius 1 is 0.967 bits per heavy atom. The molecule has 1 N–H and O–H groups in total. The van der Waals surface area contributed by atoms with Gasteiger partial charge in [-0.15, -0.1) is 0 Å². The Labute approximate surface area is 180 Å². The van der Waals surface area contributed by atoms with Crippen molar-refractivity contribution >= 4 is 40.1 Å². The first kappa shape index (κ1) is 20.2. The predicted molar refractivity (Wildman–Crippen MR) is 119 cm³/mol. The molecule has 0 radical (unpaired) electrons.